The highest BCUT2D eigenvalue weighted by molar-refractivity contribution is 9.10. The maximum absolute atomic E-state index is 5.28. The Balaban J connectivity index is 1.82. The summed E-state index contributed by atoms with van der Waals surface area (Å²) in [7, 11) is 0. The Morgan fingerprint density at radius 2 is 2.29 bits per heavy atom. The van der Waals surface area contributed by atoms with Crippen molar-refractivity contribution in [3.63, 3.8) is 0 Å². The number of furan rings is 1. The molecule has 0 atom stereocenters. The predicted octanol–water partition coefficient (Wildman–Crippen LogP) is 2.51. The molecule has 0 bridgehead atoms. The van der Waals surface area contributed by atoms with Crippen molar-refractivity contribution in [1.29, 1.82) is 0 Å². The van der Waals surface area contributed by atoms with Gasteiger partial charge in [0.25, 0.3) is 5.78 Å². The zero-order valence-electron chi connectivity index (χ0n) is 9.27. The Morgan fingerprint density at radius 1 is 1.41 bits per heavy atom. The Bertz CT molecular complexity index is 638. The van der Waals surface area contributed by atoms with Crippen LogP contribution in [-0.2, 0) is 12.8 Å². The predicted molar refractivity (Wildman–Crippen MR) is 65.9 cm³/mol. The second kappa shape index (κ2) is 4.03. The minimum atomic E-state index is 0.698. The number of halogens is 1. The van der Waals surface area contributed by atoms with Crippen LogP contribution < -0.4 is 0 Å². The smallest absolute Gasteiger partial charge is 0.251 e. The van der Waals surface area contributed by atoms with Gasteiger partial charge in [-0.05, 0) is 35.0 Å². The van der Waals surface area contributed by atoms with Crippen LogP contribution in [0.1, 0.15) is 17.3 Å². The monoisotopic (exact) mass is 294 g/mol. The van der Waals surface area contributed by atoms with E-state index < -0.39 is 0 Å². The molecular weight excluding hydrogens is 284 g/mol. The van der Waals surface area contributed by atoms with Crippen molar-refractivity contribution in [3.8, 4) is 0 Å². The summed E-state index contributed by atoms with van der Waals surface area (Å²) in [6, 6.07) is 3.86. The summed E-state index contributed by atoms with van der Waals surface area (Å²) in [6.07, 6.45) is 3.33. The standard InChI is InChI=1S/C11H11BrN4O/c1-7-10(12)16-11(13-7)14-9(15-16)5-4-8-3-2-6-17-8/h2-3,6H,4-5H2,1H3,(H,13,14,15). The molecule has 88 valence electrons. The number of rotatable bonds is 3. The van der Waals surface area contributed by atoms with E-state index in [4.69, 9.17) is 4.42 Å². The first-order valence-electron chi connectivity index (χ1n) is 5.36. The summed E-state index contributed by atoms with van der Waals surface area (Å²) in [5.41, 5.74) is 0.932. The number of hydrogen-bond donors (Lipinski definition) is 1. The number of aromatic nitrogens is 4. The molecule has 3 aromatic heterocycles. The number of nitrogens with zero attached hydrogens (tertiary/aromatic N) is 3. The molecule has 3 aromatic rings. The van der Waals surface area contributed by atoms with Gasteiger partial charge in [-0.1, -0.05) is 0 Å². The summed E-state index contributed by atoms with van der Waals surface area (Å²) < 4.78 is 8.04. The van der Waals surface area contributed by atoms with E-state index in [-0.39, 0.29) is 0 Å². The number of imidazole rings is 1. The maximum Gasteiger partial charge on any atom is 0.251 e. The van der Waals surface area contributed by atoms with E-state index in [0.29, 0.717) is 5.78 Å². The molecule has 0 amide bonds. The zero-order valence-corrected chi connectivity index (χ0v) is 10.9. The third-order valence-corrected chi connectivity index (χ3v) is 3.56. The number of hydrogen-bond acceptors (Lipinski definition) is 3. The normalized spacial score (nSPS) is 11.4. The lowest BCUT2D eigenvalue weighted by atomic mass is 10.2. The van der Waals surface area contributed by atoms with Crippen molar-refractivity contribution in [2.24, 2.45) is 0 Å². The number of H-pyrrole nitrogens is 1. The van der Waals surface area contributed by atoms with E-state index in [1.165, 1.54) is 0 Å². The summed E-state index contributed by atoms with van der Waals surface area (Å²) >= 11 is 3.46. The molecule has 0 spiro atoms. The molecule has 5 nitrogen and oxygen atoms in total. The van der Waals surface area contributed by atoms with Crippen molar-refractivity contribution in [2.75, 3.05) is 0 Å². The molecule has 0 radical (unpaired) electrons. The highest BCUT2D eigenvalue weighted by atomic mass is 79.9. The van der Waals surface area contributed by atoms with Crippen LogP contribution in [0.4, 0.5) is 0 Å². The molecule has 0 unspecified atom stereocenters. The van der Waals surface area contributed by atoms with Crippen LogP contribution in [0.5, 0.6) is 0 Å². The molecule has 6 heteroatoms. The molecule has 0 aliphatic rings. The average Bonchev–Trinajstić information content (AvgIpc) is 2.97. The first-order valence-corrected chi connectivity index (χ1v) is 6.15. The van der Waals surface area contributed by atoms with E-state index in [1.807, 2.05) is 23.6 Å². The number of fused-ring (bicyclic) bond motifs is 1. The fourth-order valence-corrected chi connectivity index (χ4v) is 2.09. The maximum atomic E-state index is 5.28. The second-order valence-electron chi connectivity index (χ2n) is 3.87. The van der Waals surface area contributed by atoms with Gasteiger partial charge in [-0.15, -0.1) is 0 Å². The van der Waals surface area contributed by atoms with Crippen molar-refractivity contribution in [3.05, 3.63) is 40.3 Å². The van der Waals surface area contributed by atoms with E-state index >= 15 is 0 Å². The molecule has 0 saturated carbocycles. The minimum Gasteiger partial charge on any atom is -0.469 e. The Morgan fingerprint density at radius 3 is 3.00 bits per heavy atom. The Labute approximate surface area is 106 Å². The summed E-state index contributed by atoms with van der Waals surface area (Å²) in [5.74, 6) is 2.57. The van der Waals surface area contributed by atoms with Crippen LogP contribution in [0.3, 0.4) is 0 Å². The number of nitrogens with one attached hydrogen (secondary N) is 1. The largest absolute Gasteiger partial charge is 0.469 e. The molecule has 0 aromatic carbocycles. The van der Waals surface area contributed by atoms with Gasteiger partial charge in [0.1, 0.15) is 16.2 Å². The van der Waals surface area contributed by atoms with Crippen LogP contribution in [0.2, 0.25) is 0 Å². The van der Waals surface area contributed by atoms with E-state index in [9.17, 15) is 0 Å². The number of aromatic amines is 1. The zero-order chi connectivity index (χ0) is 11.8. The van der Waals surface area contributed by atoms with Gasteiger partial charge in [0.05, 0.1) is 12.0 Å². The quantitative estimate of drug-likeness (QED) is 0.807. The van der Waals surface area contributed by atoms with Gasteiger partial charge >= 0.3 is 0 Å². The van der Waals surface area contributed by atoms with Crippen molar-refractivity contribution < 1.29 is 4.42 Å². The molecule has 0 aliphatic carbocycles. The number of aryl methyl sites for hydroxylation is 3. The van der Waals surface area contributed by atoms with Crippen LogP contribution in [0.25, 0.3) is 5.78 Å². The van der Waals surface area contributed by atoms with Gasteiger partial charge < -0.3 is 4.42 Å². The van der Waals surface area contributed by atoms with Crippen molar-refractivity contribution in [2.45, 2.75) is 19.8 Å². The van der Waals surface area contributed by atoms with Crippen molar-refractivity contribution in [1.82, 2.24) is 19.6 Å². The SMILES string of the molecule is Cc1nc2nc(CCc3ccco3)[nH]n2c1Br. The molecule has 3 heterocycles. The lowest BCUT2D eigenvalue weighted by Crippen LogP contribution is -1.94. The van der Waals surface area contributed by atoms with Crippen molar-refractivity contribution >= 4 is 21.7 Å². The summed E-state index contributed by atoms with van der Waals surface area (Å²) in [5, 5.41) is 3.20. The molecule has 17 heavy (non-hydrogen) atoms. The third kappa shape index (κ3) is 1.88. The average molecular weight is 295 g/mol. The first-order chi connectivity index (χ1) is 8.24. The van der Waals surface area contributed by atoms with Gasteiger partial charge in [-0.3, -0.25) is 5.10 Å². The lowest BCUT2D eigenvalue weighted by Gasteiger charge is -1.94. The topological polar surface area (TPSA) is 59.1 Å². The minimum absolute atomic E-state index is 0.698. The molecule has 0 fully saturated rings. The van der Waals surface area contributed by atoms with Gasteiger partial charge in [0.2, 0.25) is 0 Å². The summed E-state index contributed by atoms with van der Waals surface area (Å²) in [6.45, 7) is 1.94. The van der Waals surface area contributed by atoms with E-state index in [1.54, 1.807) is 6.26 Å². The van der Waals surface area contributed by atoms with Gasteiger partial charge in [-0.2, -0.15) is 4.98 Å². The van der Waals surface area contributed by atoms with E-state index in [0.717, 1.165) is 34.7 Å². The molecular formula is C11H11BrN4O. The van der Waals surface area contributed by atoms with Crippen LogP contribution in [0.15, 0.2) is 27.4 Å². The van der Waals surface area contributed by atoms with Gasteiger partial charge in [0, 0.05) is 12.8 Å². The molecule has 0 saturated heterocycles. The lowest BCUT2D eigenvalue weighted by molar-refractivity contribution is 0.506. The van der Waals surface area contributed by atoms with Gasteiger partial charge in [-0.25, -0.2) is 9.50 Å². The van der Waals surface area contributed by atoms with Crippen LogP contribution >= 0.6 is 15.9 Å². The fraction of sp³-hybridized carbons (Fsp3) is 0.273. The van der Waals surface area contributed by atoms with Gasteiger partial charge in [0.15, 0.2) is 0 Å². The highest BCUT2D eigenvalue weighted by Gasteiger charge is 2.10. The Kier molecular flexibility index (Phi) is 2.51. The van der Waals surface area contributed by atoms with E-state index in [2.05, 4.69) is 31.0 Å². The molecule has 1 N–H and O–H groups in total. The Hall–Kier alpha value is -1.56. The van der Waals surface area contributed by atoms with Crippen LogP contribution in [-0.4, -0.2) is 19.6 Å². The fourth-order valence-electron chi connectivity index (χ4n) is 1.75. The molecule has 0 aliphatic heterocycles. The summed E-state index contributed by atoms with van der Waals surface area (Å²) in [4.78, 5) is 8.75. The second-order valence-corrected chi connectivity index (χ2v) is 4.62. The van der Waals surface area contributed by atoms with Crippen LogP contribution in [0, 0.1) is 6.92 Å². The highest BCUT2D eigenvalue weighted by Crippen LogP contribution is 2.16. The third-order valence-electron chi connectivity index (χ3n) is 2.63. The first kappa shape index (κ1) is 10.6. The molecule has 3 rings (SSSR count).